The third kappa shape index (κ3) is 2.30. The maximum absolute atomic E-state index is 12.2. The minimum absolute atomic E-state index is 0.0548. The zero-order chi connectivity index (χ0) is 15.2. The molecular weight excluding hydrogens is 291 g/mol. The van der Waals surface area contributed by atoms with Crippen molar-refractivity contribution in [2.75, 3.05) is 0 Å². The lowest BCUT2D eigenvalue weighted by molar-refractivity contribution is -0.274. The third-order valence-electron chi connectivity index (χ3n) is 2.74. The molecule has 2 heterocycles. The summed E-state index contributed by atoms with van der Waals surface area (Å²) >= 11 is 0. The minimum Gasteiger partial charge on any atom is -0.406 e. The molecule has 0 saturated heterocycles. The number of carbonyl (C=O) groups is 1. The van der Waals surface area contributed by atoms with Crippen LogP contribution in [0.4, 0.5) is 13.2 Å². The number of benzene rings is 1. The van der Waals surface area contributed by atoms with Crippen LogP contribution in [0.15, 0.2) is 24.3 Å². The molecule has 0 aliphatic carbocycles. The number of aromatic nitrogens is 4. The number of ether oxygens (including phenoxy) is 1. The Balaban J connectivity index is 2.26. The fourth-order valence-corrected chi connectivity index (χ4v) is 1.94. The number of alkyl halides is 3. The Morgan fingerprint density at radius 2 is 2.05 bits per heavy atom. The smallest absolute Gasteiger partial charge is 0.406 e. The van der Waals surface area contributed by atoms with E-state index in [4.69, 9.17) is 5.73 Å². The van der Waals surface area contributed by atoms with E-state index in [-0.39, 0.29) is 16.7 Å². The molecular formula is C11H6F3N5O2. The van der Waals surface area contributed by atoms with E-state index in [0.717, 1.165) is 16.6 Å². The number of amides is 1. The summed E-state index contributed by atoms with van der Waals surface area (Å²) in [5, 5.41) is 11.1. The minimum atomic E-state index is -4.80. The van der Waals surface area contributed by atoms with Crippen LogP contribution in [0.2, 0.25) is 0 Å². The van der Waals surface area contributed by atoms with Crippen LogP contribution in [0.3, 0.4) is 0 Å². The molecule has 21 heavy (non-hydrogen) atoms. The van der Waals surface area contributed by atoms with Gasteiger partial charge < -0.3 is 10.5 Å². The first kappa shape index (κ1) is 13.1. The van der Waals surface area contributed by atoms with E-state index in [0.29, 0.717) is 5.39 Å². The van der Waals surface area contributed by atoms with Gasteiger partial charge in [0.05, 0.1) is 11.1 Å². The Morgan fingerprint density at radius 3 is 2.71 bits per heavy atom. The van der Waals surface area contributed by atoms with Gasteiger partial charge in [0, 0.05) is 11.5 Å². The Labute approximate surface area is 114 Å². The van der Waals surface area contributed by atoms with E-state index >= 15 is 0 Å². The van der Waals surface area contributed by atoms with Gasteiger partial charge in [-0.25, -0.2) is 0 Å². The number of hydrogen-bond acceptors (Lipinski definition) is 5. The summed E-state index contributed by atoms with van der Waals surface area (Å²) in [7, 11) is 0. The lowest BCUT2D eigenvalue weighted by Gasteiger charge is -2.10. The topological polar surface area (TPSA) is 95.4 Å². The van der Waals surface area contributed by atoms with Gasteiger partial charge in [0.1, 0.15) is 5.75 Å². The summed E-state index contributed by atoms with van der Waals surface area (Å²) in [4.78, 5) is 11.4. The molecule has 0 saturated carbocycles. The van der Waals surface area contributed by atoms with Gasteiger partial charge in [-0.1, -0.05) is 0 Å². The number of fused-ring (bicyclic) bond motifs is 3. The molecule has 0 radical (unpaired) electrons. The third-order valence-corrected chi connectivity index (χ3v) is 2.74. The van der Waals surface area contributed by atoms with Gasteiger partial charge in [0.15, 0.2) is 5.65 Å². The van der Waals surface area contributed by atoms with Crippen molar-refractivity contribution in [1.29, 1.82) is 0 Å². The second kappa shape index (κ2) is 4.30. The molecule has 0 fully saturated rings. The Morgan fingerprint density at radius 1 is 1.29 bits per heavy atom. The number of carbonyl (C=O) groups excluding carboxylic acids is 1. The van der Waals surface area contributed by atoms with Gasteiger partial charge in [-0.15, -0.1) is 18.3 Å². The van der Waals surface area contributed by atoms with Gasteiger partial charge in [0.2, 0.25) is 0 Å². The normalized spacial score (nSPS) is 12.0. The van der Waals surface area contributed by atoms with Crippen LogP contribution in [0.25, 0.3) is 16.6 Å². The SMILES string of the molecule is NC(=O)c1cc2ccc(OC(F)(F)F)cc2n2nnnc12. The van der Waals surface area contributed by atoms with E-state index in [2.05, 4.69) is 20.3 Å². The van der Waals surface area contributed by atoms with Crippen LogP contribution in [0.5, 0.6) is 5.75 Å². The number of nitrogens with zero attached hydrogens (tertiary/aromatic N) is 4. The van der Waals surface area contributed by atoms with E-state index < -0.39 is 18.0 Å². The van der Waals surface area contributed by atoms with Crippen LogP contribution in [-0.4, -0.2) is 32.3 Å². The highest BCUT2D eigenvalue weighted by atomic mass is 19.4. The molecule has 2 N–H and O–H groups in total. The molecule has 7 nitrogen and oxygen atoms in total. The quantitative estimate of drug-likeness (QED) is 0.768. The van der Waals surface area contributed by atoms with Crippen molar-refractivity contribution < 1.29 is 22.7 Å². The summed E-state index contributed by atoms with van der Waals surface area (Å²) in [5.74, 6) is -1.16. The summed E-state index contributed by atoms with van der Waals surface area (Å²) in [6.07, 6.45) is -4.80. The van der Waals surface area contributed by atoms with Crippen LogP contribution in [-0.2, 0) is 0 Å². The summed E-state index contributed by atoms with van der Waals surface area (Å²) in [6, 6.07) is 5.00. The van der Waals surface area contributed by atoms with Crippen molar-refractivity contribution in [1.82, 2.24) is 20.0 Å². The Kier molecular flexibility index (Phi) is 2.68. The average Bonchev–Trinajstić information content (AvgIpc) is 2.85. The van der Waals surface area contributed by atoms with Gasteiger partial charge >= 0.3 is 6.36 Å². The average molecular weight is 297 g/mol. The Bertz CT molecular complexity index is 858. The van der Waals surface area contributed by atoms with Crippen LogP contribution < -0.4 is 10.5 Å². The maximum atomic E-state index is 12.2. The summed E-state index contributed by atoms with van der Waals surface area (Å²) in [6.45, 7) is 0. The van der Waals surface area contributed by atoms with Crippen molar-refractivity contribution in [3.8, 4) is 5.75 Å². The highest BCUT2D eigenvalue weighted by molar-refractivity contribution is 6.02. The van der Waals surface area contributed by atoms with Crippen molar-refractivity contribution in [3.63, 3.8) is 0 Å². The zero-order valence-electron chi connectivity index (χ0n) is 10.1. The van der Waals surface area contributed by atoms with Crippen molar-refractivity contribution in [2.24, 2.45) is 5.73 Å². The van der Waals surface area contributed by atoms with Gasteiger partial charge in [-0.05, 0) is 28.6 Å². The number of halogens is 3. The van der Waals surface area contributed by atoms with Gasteiger partial charge in [0.25, 0.3) is 5.91 Å². The number of rotatable bonds is 2. The second-order valence-electron chi connectivity index (χ2n) is 4.10. The lowest BCUT2D eigenvalue weighted by Crippen LogP contribution is -2.17. The van der Waals surface area contributed by atoms with Gasteiger partial charge in [-0.3, -0.25) is 4.79 Å². The predicted molar refractivity (Wildman–Crippen MR) is 63.5 cm³/mol. The highest BCUT2D eigenvalue weighted by Crippen LogP contribution is 2.27. The van der Waals surface area contributed by atoms with Crippen LogP contribution in [0, 0.1) is 0 Å². The molecule has 0 aliphatic heterocycles. The number of pyridine rings is 1. The molecule has 0 spiro atoms. The molecule has 3 aromatic rings. The number of primary amides is 1. The van der Waals surface area contributed by atoms with Crippen LogP contribution in [0.1, 0.15) is 10.4 Å². The monoisotopic (exact) mass is 297 g/mol. The fraction of sp³-hybridized carbons (Fsp3) is 0.0909. The first-order valence-electron chi connectivity index (χ1n) is 5.55. The molecule has 2 aromatic heterocycles. The molecule has 0 bridgehead atoms. The van der Waals surface area contributed by atoms with E-state index in [1.165, 1.54) is 12.1 Å². The lowest BCUT2D eigenvalue weighted by atomic mass is 10.1. The van der Waals surface area contributed by atoms with Gasteiger partial charge in [-0.2, -0.15) is 4.52 Å². The molecule has 1 amide bonds. The van der Waals surface area contributed by atoms with E-state index in [1.807, 2.05) is 0 Å². The fourth-order valence-electron chi connectivity index (χ4n) is 1.94. The standard InChI is InChI=1S/C11H6F3N5O2/c12-11(13,14)21-6-2-1-5-3-7(9(15)20)10-16-17-18-19(10)8(5)4-6/h1-4H,(H2,15,20). The molecule has 108 valence electrons. The molecule has 0 unspecified atom stereocenters. The molecule has 0 atom stereocenters. The van der Waals surface area contributed by atoms with E-state index in [1.54, 1.807) is 0 Å². The van der Waals surface area contributed by atoms with Crippen molar-refractivity contribution in [3.05, 3.63) is 29.8 Å². The number of hydrogen-bond donors (Lipinski definition) is 1. The maximum Gasteiger partial charge on any atom is 0.573 e. The highest BCUT2D eigenvalue weighted by Gasteiger charge is 2.31. The first-order valence-corrected chi connectivity index (χ1v) is 5.55. The molecule has 1 aromatic carbocycles. The molecule has 0 aliphatic rings. The Hall–Kier alpha value is -2.91. The zero-order valence-corrected chi connectivity index (χ0v) is 10.1. The summed E-state index contributed by atoms with van der Waals surface area (Å²) < 4.78 is 41.7. The second-order valence-corrected chi connectivity index (χ2v) is 4.10. The van der Waals surface area contributed by atoms with Crippen LogP contribution >= 0.6 is 0 Å². The number of tetrazole rings is 1. The van der Waals surface area contributed by atoms with E-state index in [9.17, 15) is 18.0 Å². The summed E-state index contributed by atoms with van der Waals surface area (Å²) in [5.41, 5.74) is 5.59. The largest absolute Gasteiger partial charge is 0.573 e. The molecule has 3 rings (SSSR count). The van der Waals surface area contributed by atoms with Crippen molar-refractivity contribution in [2.45, 2.75) is 6.36 Å². The first-order chi connectivity index (χ1) is 9.85. The van der Waals surface area contributed by atoms with Crippen molar-refractivity contribution >= 4 is 22.5 Å². The predicted octanol–water partition coefficient (Wildman–Crippen LogP) is 1.27. The number of nitrogens with two attached hydrogens (primary N) is 1. The molecule has 10 heteroatoms.